The van der Waals surface area contributed by atoms with Gasteiger partial charge in [-0.3, -0.25) is 9.12 Å². The van der Waals surface area contributed by atoms with E-state index in [0.717, 1.165) is 0 Å². The second kappa shape index (κ2) is 7.99. The van der Waals surface area contributed by atoms with Gasteiger partial charge in [-0.25, -0.2) is 23.4 Å². The van der Waals surface area contributed by atoms with Gasteiger partial charge in [0, 0.05) is 0 Å². The molecule has 0 unspecified atom stereocenters. The van der Waals surface area contributed by atoms with Crippen LogP contribution in [-0.4, -0.2) is 65.6 Å². The molecule has 0 bridgehead atoms. The number of hydrogen-bond acceptors (Lipinski definition) is 10. The number of anilines is 1. The van der Waals surface area contributed by atoms with Crippen molar-refractivity contribution in [1.82, 2.24) is 19.5 Å². The largest absolute Gasteiger partial charge is 1.00 e. The molecule has 14 heteroatoms. The van der Waals surface area contributed by atoms with Crippen LogP contribution in [0.1, 0.15) is 6.23 Å². The van der Waals surface area contributed by atoms with Gasteiger partial charge in [0.1, 0.15) is 17.9 Å². The van der Waals surface area contributed by atoms with Gasteiger partial charge < -0.3 is 32.2 Å². The molecule has 1 saturated heterocycles. The van der Waals surface area contributed by atoms with Gasteiger partial charge >= 0.3 is 29.6 Å². The van der Waals surface area contributed by atoms with Crippen molar-refractivity contribution in [2.75, 3.05) is 5.73 Å². The van der Waals surface area contributed by atoms with Crippen molar-refractivity contribution < 1.29 is 62.0 Å². The monoisotopic (exact) mass is 370 g/mol. The molecule has 0 spiro atoms. The molecule has 1 aliphatic rings. The van der Waals surface area contributed by atoms with Gasteiger partial charge in [0.2, 0.25) is 10.4 Å². The Balaban J connectivity index is 0.000000425. The van der Waals surface area contributed by atoms with Gasteiger partial charge in [-0.15, -0.1) is 0 Å². The second-order valence-corrected chi connectivity index (χ2v) is 5.41. The number of rotatable bonds is 1. The normalized spacial score (nSPS) is 26.5. The first-order valence-corrected chi connectivity index (χ1v) is 7.42. The molecule has 4 atom stereocenters. The summed E-state index contributed by atoms with van der Waals surface area (Å²) in [6, 6.07) is 0. The maximum absolute atomic E-state index is 9.89. The Morgan fingerprint density at radius 3 is 2.38 bits per heavy atom. The summed E-state index contributed by atoms with van der Waals surface area (Å²) in [4.78, 5) is 11.9. The van der Waals surface area contributed by atoms with Crippen LogP contribution in [0.3, 0.4) is 0 Å². The van der Waals surface area contributed by atoms with Gasteiger partial charge in [-0.05, 0) is 6.10 Å². The zero-order valence-corrected chi connectivity index (χ0v) is 15.2. The molecule has 128 valence electrons. The number of ether oxygens (including phenoxy) is 1. The van der Waals surface area contributed by atoms with Crippen molar-refractivity contribution in [3.05, 3.63) is 19.6 Å². The van der Waals surface area contributed by atoms with Crippen molar-refractivity contribution >= 4 is 27.4 Å². The summed E-state index contributed by atoms with van der Waals surface area (Å²) < 4.78 is 39.7. The van der Waals surface area contributed by atoms with E-state index >= 15 is 0 Å². The summed E-state index contributed by atoms with van der Waals surface area (Å²) in [5.74, 6) is 0.248. The minimum atomic E-state index is -4.92. The van der Waals surface area contributed by atoms with Crippen LogP contribution in [0.15, 0.2) is 12.7 Å². The molecule has 24 heavy (non-hydrogen) atoms. The average molecular weight is 370 g/mol. The van der Waals surface area contributed by atoms with Crippen LogP contribution in [0.4, 0.5) is 5.82 Å². The predicted molar refractivity (Wildman–Crippen MR) is 73.3 cm³/mol. The average Bonchev–Trinajstić information content (AvgIpc) is 2.95. The van der Waals surface area contributed by atoms with Crippen molar-refractivity contribution in [1.29, 1.82) is 0 Å². The van der Waals surface area contributed by atoms with E-state index in [-0.39, 0.29) is 35.4 Å². The molecule has 0 saturated carbocycles. The fourth-order valence-electron chi connectivity index (χ4n) is 2.02. The van der Waals surface area contributed by atoms with Gasteiger partial charge in [0.25, 0.3) is 0 Å². The third-order valence-corrected chi connectivity index (χ3v) is 3.00. The minimum Gasteiger partial charge on any atom is -0.726 e. The van der Waals surface area contributed by atoms with Gasteiger partial charge in [-0.1, -0.05) is 0 Å². The van der Waals surface area contributed by atoms with Crippen LogP contribution in [-0.2, 0) is 15.1 Å². The Hall–Kier alpha value is -0.900. The molecule has 12 nitrogen and oxygen atoms in total. The van der Waals surface area contributed by atoms with E-state index in [9.17, 15) is 10.2 Å². The van der Waals surface area contributed by atoms with Crippen molar-refractivity contribution in [2.45, 2.75) is 24.5 Å². The molecular weight excluding hydrogens is 357 g/mol. The first-order chi connectivity index (χ1) is 10.6. The number of hydrogen-bond donors (Lipinski definition) is 4. The molecule has 0 aromatic carbocycles. The molecule has 0 radical (unpaired) electrons. The molecule has 2 aromatic heterocycles. The maximum Gasteiger partial charge on any atom is 1.00 e. The first-order valence-electron chi connectivity index (χ1n) is 6.05. The summed E-state index contributed by atoms with van der Waals surface area (Å²) in [6.45, 7) is 3.60. The van der Waals surface area contributed by atoms with Crippen LogP contribution >= 0.6 is 0 Å². The third-order valence-electron chi connectivity index (χ3n) is 3.00. The molecular formula is C10H13N5NaO7S-. The predicted octanol–water partition coefficient (Wildman–Crippen LogP) is -5.13. The Kier molecular flexibility index (Phi) is 7.04. The van der Waals surface area contributed by atoms with E-state index in [1.54, 1.807) is 0 Å². The van der Waals surface area contributed by atoms with Gasteiger partial charge in [-0.2, -0.15) is 0 Å². The number of imidazole rings is 1. The number of fused-ring (bicyclic) bond motifs is 1. The Labute approximate surface area is 158 Å². The molecule has 5 N–H and O–H groups in total. The molecule has 0 aliphatic carbocycles. The second-order valence-electron chi connectivity index (χ2n) is 4.56. The van der Waals surface area contributed by atoms with Crippen molar-refractivity contribution in [3.63, 3.8) is 0 Å². The maximum atomic E-state index is 9.89. The van der Waals surface area contributed by atoms with E-state index in [2.05, 4.69) is 21.9 Å². The Morgan fingerprint density at radius 1 is 1.29 bits per heavy atom. The van der Waals surface area contributed by atoms with E-state index in [4.69, 9.17) is 28.0 Å². The minimum absolute atomic E-state index is 0. The number of nitrogen functional groups attached to an aromatic ring is 1. The van der Waals surface area contributed by atoms with Crippen LogP contribution in [0, 0.1) is 6.92 Å². The number of aliphatic hydroxyl groups is 2. The van der Waals surface area contributed by atoms with Crippen molar-refractivity contribution in [2.24, 2.45) is 0 Å². The summed E-state index contributed by atoms with van der Waals surface area (Å²) in [5, 5.41) is 19.5. The number of aromatic nitrogens is 4. The molecule has 3 rings (SSSR count). The number of aliphatic hydroxyl groups excluding tert-OH is 2. The SMILES string of the molecule is O=S(=O)([O-])O.[CH2-][C@H]1O[C@@H](n2cnc3c(N)ncnc32)[C@H](O)[C@@H]1O.[Na+]. The third kappa shape index (κ3) is 4.81. The summed E-state index contributed by atoms with van der Waals surface area (Å²) in [7, 11) is -4.92. The molecule has 3 heterocycles. The zero-order valence-electron chi connectivity index (χ0n) is 12.4. The fraction of sp³-hybridized carbons (Fsp3) is 0.400. The Bertz CT molecular complexity index is 792. The van der Waals surface area contributed by atoms with Crippen LogP contribution in [0.25, 0.3) is 11.2 Å². The fourth-order valence-corrected chi connectivity index (χ4v) is 2.02. The molecule has 0 amide bonds. The quantitative estimate of drug-likeness (QED) is 0.162. The smallest absolute Gasteiger partial charge is 0.726 e. The standard InChI is InChI=1S/C10H12N5O3.Na.H2O4S/c1-4-6(16)7(17)10(18-4)15-3-14-5-8(11)12-2-13-9(5)15;;1-5(2,3)4/h2-4,6-7,10,16-17H,1H2,(H2,11,12,13);;(H2,1,2,3,4)/q-1;+1;/p-1/t4-,6-,7-,10-;;/m1../s1. The number of nitrogens with two attached hydrogens (primary N) is 1. The van der Waals surface area contributed by atoms with Gasteiger partial charge in [0.05, 0.1) is 12.4 Å². The van der Waals surface area contributed by atoms with Crippen molar-refractivity contribution in [3.8, 4) is 0 Å². The zero-order chi connectivity index (χ0) is 17.4. The summed E-state index contributed by atoms with van der Waals surface area (Å²) >= 11 is 0. The van der Waals surface area contributed by atoms with Crippen LogP contribution in [0.2, 0.25) is 0 Å². The van der Waals surface area contributed by atoms with E-state index in [0.29, 0.717) is 11.2 Å². The van der Waals surface area contributed by atoms with E-state index < -0.39 is 34.9 Å². The molecule has 1 aliphatic heterocycles. The first kappa shape index (κ1) is 21.1. The van der Waals surface area contributed by atoms with E-state index in [1.165, 1.54) is 17.2 Å². The van der Waals surface area contributed by atoms with Crippen LogP contribution in [0.5, 0.6) is 0 Å². The summed E-state index contributed by atoms with van der Waals surface area (Å²) in [5.41, 5.74) is 6.53. The van der Waals surface area contributed by atoms with Gasteiger partial charge in [0.15, 0.2) is 17.7 Å². The molecule has 2 aromatic rings. The van der Waals surface area contributed by atoms with Crippen LogP contribution < -0.4 is 35.3 Å². The topological polar surface area (TPSA) is 197 Å². The summed E-state index contributed by atoms with van der Waals surface area (Å²) in [6.07, 6.45) is -0.903. The van der Waals surface area contributed by atoms with E-state index in [1.807, 2.05) is 0 Å². The number of nitrogens with zero attached hydrogens (tertiary/aromatic N) is 4. The molecule has 1 fully saturated rings. The Morgan fingerprint density at radius 2 is 1.88 bits per heavy atom.